The van der Waals surface area contributed by atoms with Crippen LogP contribution in [0.25, 0.3) is 0 Å². The van der Waals surface area contributed by atoms with Gasteiger partial charge >= 0.3 is 26.2 Å². The first-order valence-corrected chi connectivity index (χ1v) is 5.66. The zero-order valence-electron chi connectivity index (χ0n) is 6.08. The maximum atomic E-state index is 8.46. The van der Waals surface area contributed by atoms with Crippen molar-refractivity contribution in [1.29, 1.82) is 0 Å². The zero-order chi connectivity index (χ0) is 10.8. The number of hydrogen-bond acceptors (Lipinski definition) is 8. The first kappa shape index (κ1) is 29.3. The Morgan fingerprint density at radius 3 is 0.538 bits per heavy atom. The molecule has 4 atom stereocenters. The van der Waals surface area contributed by atoms with Crippen molar-refractivity contribution in [3.05, 3.63) is 0 Å². The van der Waals surface area contributed by atoms with Gasteiger partial charge in [-0.15, -0.1) is 0 Å². The van der Waals surface area contributed by atoms with Crippen molar-refractivity contribution >= 4 is 34.7 Å². The van der Waals surface area contributed by atoms with E-state index in [4.69, 9.17) is 37.8 Å². The third-order valence-electron chi connectivity index (χ3n) is 0. The van der Waals surface area contributed by atoms with E-state index in [1.165, 1.54) is 0 Å². The third kappa shape index (κ3) is 685. The molecule has 8 nitrogen and oxygen atoms in total. The molecule has 0 heterocycles. The molecule has 4 unspecified atom stereocenters. The quantitative estimate of drug-likeness (QED) is 0.400. The fraction of sp³-hybridized carbons (Fsp3) is 0. The average molecular weight is 351 g/mol. The molecule has 0 bridgehead atoms. The second kappa shape index (κ2) is 68.5. The third-order valence-corrected chi connectivity index (χ3v) is 0. The Labute approximate surface area is 98.6 Å². The number of rotatable bonds is 0. The molecule has 0 radical (unpaired) electrons. The van der Waals surface area contributed by atoms with Crippen molar-refractivity contribution in [3.8, 4) is 0 Å². The molecule has 13 heavy (non-hydrogen) atoms. The maximum Gasteiger partial charge on any atom is 4.00 e. The first-order valence-electron chi connectivity index (χ1n) is 1.89. The van der Waals surface area contributed by atoms with Gasteiger partial charge in [-0.1, -0.05) is 0 Å². The van der Waals surface area contributed by atoms with Crippen LogP contribution in [0.4, 0.5) is 0 Å². The van der Waals surface area contributed by atoms with E-state index in [1.54, 1.807) is 0 Å². The Hall–Kier alpha value is 1.64. The van der Waals surface area contributed by atoms with Crippen LogP contribution in [-0.2, 0) is 44.5 Å². The fourth-order valence-electron chi connectivity index (χ4n) is 0. The largest absolute Gasteiger partial charge is 4.00 e. The van der Waals surface area contributed by atoms with Gasteiger partial charge in [-0.05, 0) is 34.7 Å². The molecule has 0 amide bonds. The Balaban J connectivity index is -0.0000000213. The Kier molecular flexibility index (Phi) is 154. The minimum atomic E-state index is -1.75. The second-order valence-electron chi connectivity index (χ2n) is 0.385. The van der Waals surface area contributed by atoms with Gasteiger partial charge in [-0.3, -0.25) is 0 Å². The summed E-state index contributed by atoms with van der Waals surface area (Å²) in [5, 5.41) is 0. The minimum absolute atomic E-state index is 0. The van der Waals surface area contributed by atoms with Crippen molar-refractivity contribution in [1.82, 2.24) is 0 Å². The molecule has 0 aromatic carbocycles. The van der Waals surface area contributed by atoms with Crippen molar-refractivity contribution in [2.75, 3.05) is 0 Å². The molecule has 0 rings (SSSR count). The van der Waals surface area contributed by atoms with Crippen molar-refractivity contribution in [3.63, 3.8) is 0 Å². The van der Waals surface area contributed by atoms with Gasteiger partial charge < -0.3 is 37.8 Å². The zero-order valence-corrected chi connectivity index (χ0v) is 13.2. The van der Waals surface area contributed by atoms with Gasteiger partial charge in [-0.25, -0.2) is 0 Å². The van der Waals surface area contributed by atoms with Crippen LogP contribution >= 0.6 is 34.7 Å². The van der Waals surface area contributed by atoms with Gasteiger partial charge in [0.1, 0.15) is 0 Å². The molecule has 0 fully saturated rings. The topological polar surface area (TPSA) is 161 Å². The Morgan fingerprint density at radius 2 is 0.538 bits per heavy atom. The molecule has 0 saturated heterocycles. The van der Waals surface area contributed by atoms with Crippen molar-refractivity contribution in [2.45, 2.75) is 0 Å². The van der Waals surface area contributed by atoms with E-state index in [0.717, 1.165) is 0 Å². The van der Waals surface area contributed by atoms with Gasteiger partial charge in [0, 0.05) is 0 Å². The predicted molar refractivity (Wildman–Crippen MR) is 41.6 cm³/mol. The summed E-state index contributed by atoms with van der Waals surface area (Å²) in [4.78, 5) is 33.8. The molecule has 0 aliphatic rings. The van der Waals surface area contributed by atoms with E-state index < -0.39 is 34.7 Å². The van der Waals surface area contributed by atoms with E-state index in [2.05, 4.69) is 0 Å². The molecule has 0 saturated carbocycles. The second-order valence-corrected chi connectivity index (χ2v) is 1.15. The Bertz CT molecular complexity index is 70.1. The maximum absolute atomic E-state index is 8.46. The van der Waals surface area contributed by atoms with E-state index in [1.807, 2.05) is 0 Å². The summed E-state index contributed by atoms with van der Waals surface area (Å²) in [6.07, 6.45) is 0. The first-order chi connectivity index (χ1) is 5.66. The van der Waals surface area contributed by atoms with Crippen LogP contribution < -0.4 is 19.6 Å². The fourth-order valence-corrected chi connectivity index (χ4v) is 0. The predicted octanol–water partition coefficient (Wildman–Crippen LogP) is -3.93. The normalized spacial score (nSPS) is 8.92. The van der Waals surface area contributed by atoms with Crippen LogP contribution in [0.15, 0.2) is 0 Å². The molecule has 13 heteroatoms. The molecular weight excluding hydrogens is 343 g/mol. The van der Waals surface area contributed by atoms with Gasteiger partial charge in [0.25, 0.3) is 0 Å². The summed E-state index contributed by atoms with van der Waals surface area (Å²) in [5.41, 5.74) is 0. The molecule has 0 aliphatic heterocycles. The van der Waals surface area contributed by atoms with Crippen LogP contribution in [0.3, 0.4) is 0 Å². The van der Waals surface area contributed by atoms with E-state index in [9.17, 15) is 0 Å². The molecule has 80 valence electrons. The summed E-state index contributed by atoms with van der Waals surface area (Å²) in [6.45, 7) is 0. The van der Waals surface area contributed by atoms with E-state index >= 15 is 0 Å². The summed E-state index contributed by atoms with van der Waals surface area (Å²) in [5.74, 6) is 0. The van der Waals surface area contributed by atoms with Crippen LogP contribution in [0.1, 0.15) is 0 Å². The van der Waals surface area contributed by atoms with Crippen LogP contribution in [0.5, 0.6) is 0 Å². The smallest absolute Gasteiger partial charge is 0.804 e. The molecular formula is H8O8P4Zr. The number of hydrogen-bond donors (Lipinski definition) is 0. The molecule has 0 aliphatic carbocycles. The average Bonchev–Trinajstić information content (AvgIpc) is 1.92. The monoisotopic (exact) mass is 350 g/mol. The summed E-state index contributed by atoms with van der Waals surface area (Å²) >= 11 is 0. The van der Waals surface area contributed by atoms with Gasteiger partial charge in [-0.2, -0.15) is 0 Å². The van der Waals surface area contributed by atoms with Crippen molar-refractivity contribution < 1.29 is 64.0 Å². The van der Waals surface area contributed by atoms with E-state index in [-0.39, 0.29) is 26.2 Å². The SMILES string of the molecule is O=[PH2][O-].O=[PH2][O-].O=[PH2][O-].O=[PH2][O-].[Zr+4]. The summed E-state index contributed by atoms with van der Waals surface area (Å²) in [6, 6.07) is 0. The van der Waals surface area contributed by atoms with Crippen LogP contribution in [0.2, 0.25) is 0 Å². The van der Waals surface area contributed by atoms with Gasteiger partial charge in [0.15, 0.2) is 0 Å². The molecule has 0 N–H and O–H groups in total. The summed E-state index contributed by atoms with van der Waals surface area (Å²) < 4.78 is 33.8. The molecule has 0 aromatic rings. The van der Waals surface area contributed by atoms with Crippen LogP contribution in [-0.4, -0.2) is 0 Å². The summed E-state index contributed by atoms with van der Waals surface area (Å²) in [7, 11) is -7.00. The molecule has 0 aromatic heterocycles. The van der Waals surface area contributed by atoms with Crippen molar-refractivity contribution in [2.24, 2.45) is 0 Å². The van der Waals surface area contributed by atoms with Gasteiger partial charge in [0.2, 0.25) is 0 Å². The van der Waals surface area contributed by atoms with Crippen LogP contribution in [0, 0.1) is 0 Å². The minimum Gasteiger partial charge on any atom is -0.804 e. The van der Waals surface area contributed by atoms with Gasteiger partial charge in [0.05, 0.1) is 0 Å². The molecule has 0 spiro atoms. The standard InChI is InChI=1S/4H3O2P.Zr/c4*1-3-2;/h4*3H2,(H,1,2);/q;;;;+4/p-4. The Morgan fingerprint density at radius 1 is 0.538 bits per heavy atom. The van der Waals surface area contributed by atoms with E-state index in [0.29, 0.717) is 0 Å².